The second kappa shape index (κ2) is 8.95. The fraction of sp³-hybridized carbons (Fsp3) is 0. The van der Waals surface area contributed by atoms with E-state index in [1.165, 1.54) is 0 Å². The molecule has 0 bridgehead atoms. The average Bonchev–Trinajstić information content (AvgIpc) is 0.811. The van der Waals surface area contributed by atoms with Gasteiger partial charge in [0.05, 0.1) is 11.4 Å². The van der Waals surface area contributed by atoms with Crippen LogP contribution in [0.3, 0.4) is 0 Å². The zero-order chi connectivity index (χ0) is 3.58. The van der Waals surface area contributed by atoms with E-state index in [1.54, 1.807) is 0 Å². The molecule has 0 fully saturated rings. The van der Waals surface area contributed by atoms with Gasteiger partial charge in [-0.05, 0) is 0 Å². The summed E-state index contributed by atoms with van der Waals surface area (Å²) in [5, 5.41) is 0. The summed E-state index contributed by atoms with van der Waals surface area (Å²) in [5.74, 6) is 0. The Bertz CT molecular complexity index is 33.8. The molecule has 0 aromatic carbocycles. The van der Waals surface area contributed by atoms with Gasteiger partial charge < -0.3 is 16.5 Å². The van der Waals surface area contributed by atoms with Crippen LogP contribution in [0.2, 0.25) is 0 Å². The smallest absolute Gasteiger partial charge is 0.0814 e. The number of rotatable bonds is 0. The van der Waals surface area contributed by atoms with Crippen LogP contribution in [0.25, 0.3) is 0 Å². The van der Waals surface area contributed by atoms with Crippen molar-refractivity contribution in [2.45, 2.75) is 0 Å². The summed E-state index contributed by atoms with van der Waals surface area (Å²) in [4.78, 5) is 0. The van der Waals surface area contributed by atoms with E-state index >= 15 is 0 Å². The molecule has 3 nitrogen and oxygen atoms in total. The molecule has 0 aliphatic carbocycles. The molecule has 0 aromatic heterocycles. The van der Waals surface area contributed by atoms with Crippen LogP contribution >= 0.6 is 0 Å². The fourth-order valence-electron chi connectivity index (χ4n) is 0. The second-order valence-electron chi connectivity index (χ2n) is 0.217. The van der Waals surface area contributed by atoms with E-state index in [0.717, 1.165) is 0 Å². The summed E-state index contributed by atoms with van der Waals surface area (Å²) in [5.41, 5.74) is 0. The summed E-state index contributed by atoms with van der Waals surface area (Å²) >= 11 is -2.86. The molecule has 0 amide bonds. The summed E-state index contributed by atoms with van der Waals surface area (Å²) < 4.78 is 24.1. The van der Waals surface area contributed by atoms with Gasteiger partial charge >= 0.3 is 0 Å². The van der Waals surface area contributed by atoms with Crippen LogP contribution in [0.5, 0.6) is 0 Å². The van der Waals surface area contributed by atoms with Gasteiger partial charge in [-0.3, -0.25) is 0 Å². The molecule has 6 heavy (non-hydrogen) atoms. The maximum Gasteiger partial charge on any atom is 0.0814 e. The second-order valence-corrected chi connectivity index (χ2v) is 0.651. The molecule has 1 atom stereocenters. The van der Waals surface area contributed by atoms with E-state index in [4.69, 9.17) is 13.3 Å². The van der Waals surface area contributed by atoms with Gasteiger partial charge in [0.1, 0.15) is 0 Å². The third-order valence-corrected chi connectivity index (χ3v) is 0. The van der Waals surface area contributed by atoms with Crippen molar-refractivity contribution >= 4 is 11.4 Å². The Kier molecular flexibility index (Phi) is 29.2. The van der Waals surface area contributed by atoms with Gasteiger partial charge in [-0.15, -0.1) is 0 Å². The predicted octanol–water partition coefficient (Wildman–Crippen LogP) is -0.211. The van der Waals surface area contributed by atoms with E-state index in [0.29, 0.717) is 0 Å². The first-order valence-electron chi connectivity index (χ1n) is 0.516. The van der Waals surface area contributed by atoms with E-state index in [2.05, 4.69) is 0 Å². The minimum Gasteiger partial charge on any atom is -0.750 e. The number of hydrogen-bond donors (Lipinski definition) is 1. The SMILES string of the molecule is O=S([O-])O.[CH3-].[Rf]. The molecule has 0 aliphatic heterocycles. The minimum atomic E-state index is -2.86. The minimum absolute atomic E-state index is 0. The molecule has 0 rings (SSSR count). The van der Waals surface area contributed by atoms with Gasteiger partial charge in [-0.1, -0.05) is 0 Å². The molecular weight excluding hydrogens is 359 g/mol. The van der Waals surface area contributed by atoms with Crippen molar-refractivity contribution in [2.75, 3.05) is 0 Å². The first-order valence-corrected chi connectivity index (χ1v) is 1.55. The zero-order valence-electron chi connectivity index (χ0n) is 3.38. The predicted molar refractivity (Wildman–Crippen MR) is 18.0 cm³/mol. The third kappa shape index (κ3) is 15.2. The number of hydrogen-bond acceptors (Lipinski definition) is 2. The molecule has 36 valence electrons. The van der Waals surface area contributed by atoms with E-state index in [-0.39, 0.29) is 7.43 Å². The topological polar surface area (TPSA) is 60.4 Å². The Balaban J connectivity index is -0.0000000450. The average molecular weight is 363 g/mol. The van der Waals surface area contributed by atoms with E-state index in [1.807, 2.05) is 0 Å². The summed E-state index contributed by atoms with van der Waals surface area (Å²) in [6.07, 6.45) is 0. The van der Waals surface area contributed by atoms with Crippen LogP contribution in [-0.4, -0.2) is 13.3 Å². The normalized spacial score (nSPS) is 10.3. The maximum absolute atomic E-state index is 8.56. The quantitative estimate of drug-likeness (QED) is 0.479. The standard InChI is InChI=1S/CH3.H2O3S.Rf/c;1-4(2)3;/h1H3;(H2,1,2,3);/q-1;;/p-1. The Morgan fingerprint density at radius 2 is 1.67 bits per heavy atom. The Morgan fingerprint density at radius 3 is 1.67 bits per heavy atom. The van der Waals surface area contributed by atoms with Crippen LogP contribution < -0.4 is 0 Å². The third-order valence-electron chi connectivity index (χ3n) is 0. The van der Waals surface area contributed by atoms with Crippen LogP contribution in [0.15, 0.2) is 0 Å². The molecule has 0 aliphatic rings. The molecule has 5 heteroatoms. The maximum atomic E-state index is 8.56. The Labute approximate surface area is 33.1 Å². The molecule has 0 spiro atoms. The van der Waals surface area contributed by atoms with Crippen molar-refractivity contribution in [3.05, 3.63) is 7.43 Å². The van der Waals surface area contributed by atoms with Gasteiger partial charge in [0.2, 0.25) is 0 Å². The Hall–Kier alpha value is -0.930. The van der Waals surface area contributed by atoms with Crippen molar-refractivity contribution < 1.29 is 13.3 Å². The van der Waals surface area contributed by atoms with Crippen molar-refractivity contribution in [3.63, 3.8) is 0 Å². The molecule has 0 saturated carbocycles. The molecule has 0 aromatic rings. The monoisotopic (exact) mass is 363 g/mol. The van der Waals surface area contributed by atoms with Crippen molar-refractivity contribution in [2.24, 2.45) is 0 Å². The van der Waals surface area contributed by atoms with Crippen LogP contribution in [0, 0.1) is 7.43 Å². The van der Waals surface area contributed by atoms with Crippen molar-refractivity contribution in [3.8, 4) is 0 Å². The van der Waals surface area contributed by atoms with Gasteiger partial charge in [-0.2, -0.15) is 0 Å². The molecular formula is CH4O3RfS-2. The largest absolute Gasteiger partial charge is 0.750 e. The molecule has 0 saturated heterocycles. The summed E-state index contributed by atoms with van der Waals surface area (Å²) in [7, 11) is 0. The van der Waals surface area contributed by atoms with Gasteiger partial charge in [0.15, 0.2) is 0 Å². The van der Waals surface area contributed by atoms with E-state index in [9.17, 15) is 0 Å². The van der Waals surface area contributed by atoms with Crippen molar-refractivity contribution in [1.29, 1.82) is 0 Å². The van der Waals surface area contributed by atoms with Gasteiger partial charge in [0, 0.05) is 0 Å². The van der Waals surface area contributed by atoms with Crippen LogP contribution in [0.4, 0.5) is 0 Å². The fourth-order valence-corrected chi connectivity index (χ4v) is 0. The summed E-state index contributed by atoms with van der Waals surface area (Å²) in [6, 6.07) is 0. The first kappa shape index (κ1) is 19.6. The molecule has 0 radical (unpaired) electrons. The van der Waals surface area contributed by atoms with Crippen LogP contribution in [-0.2, 0) is 11.4 Å². The zero-order valence-corrected chi connectivity index (χ0v) is 10.6. The van der Waals surface area contributed by atoms with E-state index < -0.39 is 11.4 Å². The van der Waals surface area contributed by atoms with Crippen LogP contribution in [0.1, 0.15) is 0 Å². The first-order chi connectivity index (χ1) is 1.73. The van der Waals surface area contributed by atoms with Gasteiger partial charge in [-0.25, -0.2) is 4.21 Å². The van der Waals surface area contributed by atoms with Crippen molar-refractivity contribution in [1.82, 2.24) is 0 Å². The van der Waals surface area contributed by atoms with Gasteiger partial charge in [0.25, 0.3) is 0 Å². The summed E-state index contributed by atoms with van der Waals surface area (Å²) in [6.45, 7) is 0. The molecule has 1 N–H and O–H groups in total. The Morgan fingerprint density at radius 1 is 1.67 bits per heavy atom. The molecule has 0 heterocycles. The molecule has 1 unspecified atom stereocenters.